The number of carbonyl (C=O) groups is 1. The van der Waals surface area contributed by atoms with E-state index in [9.17, 15) is 4.79 Å². The van der Waals surface area contributed by atoms with Crippen molar-refractivity contribution in [1.29, 1.82) is 0 Å². The third-order valence-corrected chi connectivity index (χ3v) is 6.09. The van der Waals surface area contributed by atoms with Crippen LogP contribution >= 0.6 is 0 Å². The van der Waals surface area contributed by atoms with E-state index in [1.54, 1.807) is 0 Å². The van der Waals surface area contributed by atoms with Crippen molar-refractivity contribution in [2.45, 2.75) is 45.6 Å². The maximum atomic E-state index is 12.5. The van der Waals surface area contributed by atoms with Crippen molar-refractivity contribution in [1.82, 2.24) is 15.5 Å². The van der Waals surface area contributed by atoms with Crippen molar-refractivity contribution in [3.05, 3.63) is 47.5 Å². The maximum Gasteiger partial charge on any atom is 0.223 e. The second-order valence-electron chi connectivity index (χ2n) is 8.26. The third-order valence-electron chi connectivity index (χ3n) is 6.09. The van der Waals surface area contributed by atoms with Gasteiger partial charge in [0.2, 0.25) is 5.91 Å². The van der Waals surface area contributed by atoms with Crippen LogP contribution in [0.2, 0.25) is 0 Å². The van der Waals surface area contributed by atoms with E-state index in [2.05, 4.69) is 68.6 Å². The molecule has 1 amide bonds. The summed E-state index contributed by atoms with van der Waals surface area (Å²) in [5, 5.41) is 12.0. The van der Waals surface area contributed by atoms with Crippen LogP contribution in [0.3, 0.4) is 0 Å². The monoisotopic (exact) mass is 393 g/mol. The van der Waals surface area contributed by atoms with Gasteiger partial charge in [0.05, 0.1) is 0 Å². The Balaban J connectivity index is 1.25. The Labute approximate surface area is 173 Å². The number of anilines is 2. The number of hydrogen-bond acceptors (Lipinski definition) is 5. The van der Waals surface area contributed by atoms with Crippen molar-refractivity contribution in [3.8, 4) is 0 Å². The molecule has 2 aromatic rings. The molecular weight excluding hydrogens is 362 g/mol. The standard InChI is InChI=1S/C23H31N5O/c1-18-5-7-19(8-6-18)17-24-23(29)20-11-15-28(16-12-20)22-10-9-21(25-26-22)27-13-3-2-4-14-27/h5-10,20H,2-4,11-17H2,1H3,(H,24,29). The van der Waals surface area contributed by atoms with Crippen LogP contribution in [0.15, 0.2) is 36.4 Å². The van der Waals surface area contributed by atoms with Crippen molar-refractivity contribution in [3.63, 3.8) is 0 Å². The van der Waals surface area contributed by atoms with Gasteiger partial charge in [0, 0.05) is 38.6 Å². The highest BCUT2D eigenvalue weighted by atomic mass is 16.1. The van der Waals surface area contributed by atoms with Crippen LogP contribution in [0.4, 0.5) is 11.6 Å². The van der Waals surface area contributed by atoms with Gasteiger partial charge in [-0.2, -0.15) is 0 Å². The zero-order valence-electron chi connectivity index (χ0n) is 17.3. The largest absolute Gasteiger partial charge is 0.355 e. The van der Waals surface area contributed by atoms with Crippen LogP contribution in [0.1, 0.15) is 43.2 Å². The Kier molecular flexibility index (Phi) is 6.27. The molecule has 0 radical (unpaired) electrons. The number of carbonyl (C=O) groups excluding carboxylic acids is 1. The molecule has 6 heteroatoms. The van der Waals surface area contributed by atoms with E-state index in [4.69, 9.17) is 0 Å². The van der Waals surface area contributed by atoms with E-state index in [0.29, 0.717) is 6.54 Å². The summed E-state index contributed by atoms with van der Waals surface area (Å²) in [4.78, 5) is 17.1. The van der Waals surface area contributed by atoms with Gasteiger partial charge in [0.25, 0.3) is 0 Å². The second-order valence-corrected chi connectivity index (χ2v) is 8.26. The highest BCUT2D eigenvalue weighted by Gasteiger charge is 2.25. The van der Waals surface area contributed by atoms with Crippen molar-refractivity contribution < 1.29 is 4.79 Å². The first-order valence-corrected chi connectivity index (χ1v) is 10.9. The number of nitrogens with zero attached hydrogens (tertiary/aromatic N) is 4. The van der Waals surface area contributed by atoms with Crippen LogP contribution in [-0.2, 0) is 11.3 Å². The highest BCUT2D eigenvalue weighted by molar-refractivity contribution is 5.79. The predicted octanol–water partition coefficient (Wildman–Crippen LogP) is 3.31. The maximum absolute atomic E-state index is 12.5. The quantitative estimate of drug-likeness (QED) is 0.844. The summed E-state index contributed by atoms with van der Waals surface area (Å²) >= 11 is 0. The van der Waals surface area contributed by atoms with Crippen LogP contribution < -0.4 is 15.1 Å². The summed E-state index contributed by atoms with van der Waals surface area (Å²) in [5.74, 6) is 2.15. The lowest BCUT2D eigenvalue weighted by atomic mass is 9.96. The fourth-order valence-corrected chi connectivity index (χ4v) is 4.19. The molecule has 6 nitrogen and oxygen atoms in total. The number of hydrogen-bond donors (Lipinski definition) is 1. The number of benzene rings is 1. The summed E-state index contributed by atoms with van der Waals surface area (Å²) in [7, 11) is 0. The molecule has 0 bridgehead atoms. The molecule has 2 aliphatic rings. The van der Waals surface area contributed by atoms with Crippen LogP contribution in [-0.4, -0.2) is 42.3 Å². The zero-order valence-corrected chi connectivity index (χ0v) is 17.3. The molecule has 0 atom stereocenters. The molecule has 0 spiro atoms. The first-order chi connectivity index (χ1) is 14.2. The van der Waals surface area contributed by atoms with Crippen LogP contribution in [0.5, 0.6) is 0 Å². The fraction of sp³-hybridized carbons (Fsp3) is 0.522. The Hall–Kier alpha value is -2.63. The van der Waals surface area contributed by atoms with Gasteiger partial charge in [0.1, 0.15) is 0 Å². The fourth-order valence-electron chi connectivity index (χ4n) is 4.19. The van der Waals surface area contributed by atoms with Crippen molar-refractivity contribution in [2.75, 3.05) is 36.0 Å². The minimum Gasteiger partial charge on any atom is -0.355 e. The first kappa shape index (κ1) is 19.7. The molecule has 1 aromatic heterocycles. The minimum absolute atomic E-state index is 0.0808. The number of nitrogens with one attached hydrogen (secondary N) is 1. The van der Waals surface area contributed by atoms with Gasteiger partial charge in [-0.1, -0.05) is 29.8 Å². The summed E-state index contributed by atoms with van der Waals surface area (Å²) in [6.07, 6.45) is 5.51. The van der Waals surface area contributed by atoms with E-state index < -0.39 is 0 Å². The second kappa shape index (κ2) is 9.25. The average Bonchev–Trinajstić information content (AvgIpc) is 2.79. The van der Waals surface area contributed by atoms with Gasteiger partial charge in [-0.05, 0) is 56.7 Å². The highest BCUT2D eigenvalue weighted by Crippen LogP contribution is 2.24. The zero-order chi connectivity index (χ0) is 20.1. The van der Waals surface area contributed by atoms with Gasteiger partial charge >= 0.3 is 0 Å². The third kappa shape index (κ3) is 5.05. The molecular formula is C23H31N5O. The lowest BCUT2D eigenvalue weighted by Gasteiger charge is -2.32. The number of aromatic nitrogens is 2. The van der Waals surface area contributed by atoms with E-state index in [-0.39, 0.29) is 11.8 Å². The Morgan fingerprint density at radius 1 is 0.897 bits per heavy atom. The van der Waals surface area contributed by atoms with Crippen LogP contribution in [0, 0.1) is 12.8 Å². The van der Waals surface area contributed by atoms with Crippen molar-refractivity contribution in [2.24, 2.45) is 5.92 Å². The molecule has 4 rings (SSSR count). The van der Waals surface area contributed by atoms with Gasteiger partial charge < -0.3 is 15.1 Å². The molecule has 154 valence electrons. The molecule has 0 saturated carbocycles. The molecule has 2 aliphatic heterocycles. The molecule has 0 unspecified atom stereocenters. The molecule has 29 heavy (non-hydrogen) atoms. The topological polar surface area (TPSA) is 61.4 Å². The molecule has 1 N–H and O–H groups in total. The van der Waals surface area contributed by atoms with E-state index in [1.165, 1.54) is 24.8 Å². The number of rotatable bonds is 5. The lowest BCUT2D eigenvalue weighted by Crippen LogP contribution is -2.40. The van der Waals surface area contributed by atoms with E-state index in [0.717, 1.165) is 56.2 Å². The van der Waals surface area contributed by atoms with Gasteiger partial charge in [-0.3, -0.25) is 4.79 Å². The summed E-state index contributed by atoms with van der Waals surface area (Å²) in [6, 6.07) is 12.5. The Bertz CT molecular complexity index is 791. The lowest BCUT2D eigenvalue weighted by molar-refractivity contribution is -0.125. The first-order valence-electron chi connectivity index (χ1n) is 10.9. The molecule has 1 aromatic carbocycles. The van der Waals surface area contributed by atoms with Crippen LogP contribution in [0.25, 0.3) is 0 Å². The summed E-state index contributed by atoms with van der Waals surface area (Å²) in [5.41, 5.74) is 2.38. The number of piperidine rings is 2. The van der Waals surface area contributed by atoms with Gasteiger partial charge in [-0.25, -0.2) is 0 Å². The van der Waals surface area contributed by atoms with E-state index >= 15 is 0 Å². The SMILES string of the molecule is Cc1ccc(CNC(=O)C2CCN(c3ccc(N4CCCCC4)nn3)CC2)cc1. The molecule has 0 aliphatic carbocycles. The smallest absolute Gasteiger partial charge is 0.223 e. The van der Waals surface area contributed by atoms with E-state index in [1.807, 2.05) is 0 Å². The molecule has 2 saturated heterocycles. The normalized spacial score (nSPS) is 18.0. The predicted molar refractivity (Wildman–Crippen MR) is 116 cm³/mol. The Morgan fingerprint density at radius 2 is 1.48 bits per heavy atom. The number of amides is 1. The summed E-state index contributed by atoms with van der Waals surface area (Å²) < 4.78 is 0. The minimum atomic E-state index is 0.0808. The average molecular weight is 394 g/mol. The Morgan fingerprint density at radius 3 is 2.07 bits per heavy atom. The number of aryl methyl sites for hydroxylation is 1. The van der Waals surface area contributed by atoms with Crippen molar-refractivity contribution >= 4 is 17.5 Å². The van der Waals surface area contributed by atoms with Gasteiger partial charge in [-0.15, -0.1) is 10.2 Å². The van der Waals surface area contributed by atoms with Gasteiger partial charge in [0.15, 0.2) is 11.6 Å². The summed E-state index contributed by atoms with van der Waals surface area (Å²) in [6.45, 7) is 6.53. The molecule has 2 fully saturated rings. The molecule has 3 heterocycles.